The molecule has 4 rings (SSSR count). The molecule has 0 saturated carbocycles. The van der Waals surface area contributed by atoms with Crippen LogP contribution < -0.4 is 10.3 Å². The fourth-order valence-electron chi connectivity index (χ4n) is 3.10. The first-order valence-electron chi connectivity index (χ1n) is 10.5. The van der Waals surface area contributed by atoms with Crippen LogP contribution in [0.25, 0.3) is 10.4 Å². The van der Waals surface area contributed by atoms with E-state index in [0.29, 0.717) is 25.5 Å². The van der Waals surface area contributed by atoms with Gasteiger partial charge in [0.05, 0.1) is 43.9 Å². The molecule has 0 saturated heterocycles. The molecule has 0 atom stereocenters. The number of benzene rings is 1. The van der Waals surface area contributed by atoms with Crippen LogP contribution in [0, 0.1) is 6.92 Å². The fourth-order valence-corrected chi connectivity index (χ4v) is 5.12. The standard InChI is InChI=1S/C24H19Cl2N5O3S2/c1-3-30-31(18-9-21(36-24(18)34)14-4-5-16(25)17(26)8-14)23(33)20-7-6-19(35-20)22(32)29-12-15-11-27-13(2)10-28-15/h3-11,34H,12H2,1-2H3,(H,29,32). The Hall–Kier alpha value is -3.31. The van der Waals surface area contributed by atoms with Gasteiger partial charge in [-0.15, -0.1) is 11.3 Å². The van der Waals surface area contributed by atoms with Crippen LogP contribution in [0.4, 0.5) is 5.69 Å². The van der Waals surface area contributed by atoms with Crippen LogP contribution in [0.2, 0.25) is 10.0 Å². The van der Waals surface area contributed by atoms with Gasteiger partial charge in [0.15, 0.2) is 5.06 Å². The Morgan fingerprint density at radius 3 is 2.56 bits per heavy atom. The Bertz CT molecular complexity index is 1450. The quantitative estimate of drug-likeness (QED) is 0.208. The fraction of sp³-hybridized carbons (Fsp3) is 0.125. The van der Waals surface area contributed by atoms with Crippen molar-refractivity contribution in [2.45, 2.75) is 20.4 Å². The molecule has 0 unspecified atom stereocenters. The van der Waals surface area contributed by atoms with E-state index in [0.717, 1.165) is 38.9 Å². The number of amides is 2. The molecule has 0 bridgehead atoms. The average molecular weight is 560 g/mol. The van der Waals surface area contributed by atoms with Crippen molar-refractivity contribution in [3.63, 3.8) is 0 Å². The Kier molecular flexibility index (Phi) is 8.00. The van der Waals surface area contributed by atoms with Crippen molar-refractivity contribution in [1.29, 1.82) is 0 Å². The van der Waals surface area contributed by atoms with Crippen LogP contribution in [0.15, 0.2) is 53.9 Å². The Balaban J connectivity index is 1.53. The van der Waals surface area contributed by atoms with Gasteiger partial charge in [0.25, 0.3) is 11.8 Å². The molecule has 0 fully saturated rings. The third kappa shape index (κ3) is 5.73. The van der Waals surface area contributed by atoms with Gasteiger partial charge in [-0.05, 0) is 49.7 Å². The van der Waals surface area contributed by atoms with Gasteiger partial charge in [-0.1, -0.05) is 40.6 Å². The molecular weight excluding hydrogens is 541 g/mol. The first kappa shape index (κ1) is 25.8. The van der Waals surface area contributed by atoms with Gasteiger partial charge in [0.1, 0.15) is 5.69 Å². The monoisotopic (exact) mass is 559 g/mol. The minimum absolute atomic E-state index is 0.0937. The van der Waals surface area contributed by atoms with Crippen LogP contribution in [0.1, 0.15) is 37.7 Å². The van der Waals surface area contributed by atoms with Crippen molar-refractivity contribution in [1.82, 2.24) is 15.3 Å². The Labute approximate surface area is 224 Å². The molecule has 36 heavy (non-hydrogen) atoms. The lowest BCUT2D eigenvalue weighted by Gasteiger charge is -2.14. The number of aromatic hydroxyl groups is 1. The molecule has 0 aliphatic heterocycles. The van der Waals surface area contributed by atoms with Crippen molar-refractivity contribution in [3.05, 3.63) is 80.0 Å². The molecule has 8 nitrogen and oxygen atoms in total. The summed E-state index contributed by atoms with van der Waals surface area (Å²) in [5, 5.41) is 19.3. The maximum atomic E-state index is 13.3. The molecule has 0 aliphatic carbocycles. The number of anilines is 1. The number of aromatic nitrogens is 2. The summed E-state index contributed by atoms with van der Waals surface area (Å²) in [6, 6.07) is 9.87. The first-order valence-corrected chi connectivity index (χ1v) is 12.9. The molecule has 2 N–H and O–H groups in total. The highest BCUT2D eigenvalue weighted by Gasteiger charge is 2.25. The Morgan fingerprint density at radius 2 is 1.86 bits per heavy atom. The largest absolute Gasteiger partial charge is 0.498 e. The molecule has 184 valence electrons. The lowest BCUT2D eigenvalue weighted by atomic mass is 10.2. The number of aryl methyl sites for hydroxylation is 1. The summed E-state index contributed by atoms with van der Waals surface area (Å²) < 4.78 is 0. The van der Waals surface area contributed by atoms with Crippen molar-refractivity contribution in [2.75, 3.05) is 5.01 Å². The lowest BCUT2D eigenvalue weighted by Crippen LogP contribution is -2.24. The number of hydrazone groups is 1. The summed E-state index contributed by atoms with van der Waals surface area (Å²) in [7, 11) is 0. The number of halogens is 2. The number of rotatable bonds is 7. The van der Waals surface area contributed by atoms with E-state index in [2.05, 4.69) is 20.4 Å². The van der Waals surface area contributed by atoms with E-state index in [4.69, 9.17) is 23.2 Å². The molecule has 12 heteroatoms. The van der Waals surface area contributed by atoms with E-state index in [9.17, 15) is 14.7 Å². The predicted octanol–water partition coefficient (Wildman–Crippen LogP) is 6.17. The van der Waals surface area contributed by atoms with Crippen LogP contribution in [0.3, 0.4) is 0 Å². The van der Waals surface area contributed by atoms with Crippen molar-refractivity contribution in [3.8, 4) is 15.5 Å². The first-order chi connectivity index (χ1) is 17.3. The number of thiophene rings is 2. The van der Waals surface area contributed by atoms with Crippen LogP contribution in [0.5, 0.6) is 5.06 Å². The second-order valence-electron chi connectivity index (χ2n) is 7.42. The van der Waals surface area contributed by atoms with E-state index < -0.39 is 5.91 Å². The highest BCUT2D eigenvalue weighted by atomic mass is 35.5. The van der Waals surface area contributed by atoms with Gasteiger partial charge in [-0.25, -0.2) is 0 Å². The molecular formula is C24H19Cl2N5O3S2. The van der Waals surface area contributed by atoms with Gasteiger partial charge in [0.2, 0.25) is 0 Å². The second kappa shape index (κ2) is 11.2. The van der Waals surface area contributed by atoms with E-state index in [-0.39, 0.29) is 28.1 Å². The zero-order valence-corrected chi connectivity index (χ0v) is 22.2. The normalized spacial score (nSPS) is 11.1. The average Bonchev–Trinajstić information content (AvgIpc) is 3.51. The molecule has 3 heterocycles. The highest BCUT2D eigenvalue weighted by Crippen LogP contribution is 2.43. The maximum Gasteiger partial charge on any atom is 0.288 e. The van der Waals surface area contributed by atoms with E-state index in [1.54, 1.807) is 55.7 Å². The van der Waals surface area contributed by atoms with Crippen LogP contribution >= 0.6 is 45.9 Å². The van der Waals surface area contributed by atoms with Crippen LogP contribution in [-0.2, 0) is 6.54 Å². The maximum absolute atomic E-state index is 13.3. The molecule has 3 aromatic heterocycles. The summed E-state index contributed by atoms with van der Waals surface area (Å²) in [5.74, 6) is -0.831. The topological polar surface area (TPSA) is 108 Å². The third-order valence-corrected chi connectivity index (χ3v) is 7.64. The molecule has 2 amide bonds. The number of hydrogen-bond donors (Lipinski definition) is 2. The van der Waals surface area contributed by atoms with E-state index >= 15 is 0 Å². The minimum atomic E-state index is -0.490. The molecule has 0 radical (unpaired) electrons. The predicted molar refractivity (Wildman–Crippen MR) is 145 cm³/mol. The van der Waals surface area contributed by atoms with Gasteiger partial charge in [-0.2, -0.15) is 10.1 Å². The Morgan fingerprint density at radius 1 is 1.08 bits per heavy atom. The molecule has 0 aliphatic rings. The second-order valence-corrected chi connectivity index (χ2v) is 10.3. The SMILES string of the molecule is CC=NN(C(=O)c1ccc(C(=O)NCc2cnc(C)cn2)s1)c1cc(-c2ccc(Cl)c(Cl)c2)sc1O. The molecule has 1 aromatic carbocycles. The van der Waals surface area contributed by atoms with Gasteiger partial charge >= 0.3 is 0 Å². The lowest BCUT2D eigenvalue weighted by molar-refractivity contribution is 0.0953. The van der Waals surface area contributed by atoms with Gasteiger partial charge in [-0.3, -0.25) is 19.6 Å². The van der Waals surface area contributed by atoms with Gasteiger partial charge < -0.3 is 10.4 Å². The summed E-state index contributed by atoms with van der Waals surface area (Å²) in [4.78, 5) is 35.6. The number of nitrogens with one attached hydrogen (secondary N) is 1. The summed E-state index contributed by atoms with van der Waals surface area (Å²) in [6.45, 7) is 3.69. The third-order valence-electron chi connectivity index (χ3n) is 4.85. The smallest absolute Gasteiger partial charge is 0.288 e. The van der Waals surface area contributed by atoms with Crippen molar-refractivity contribution >= 4 is 69.6 Å². The summed E-state index contributed by atoms with van der Waals surface area (Å²) in [6.07, 6.45) is 4.66. The minimum Gasteiger partial charge on any atom is -0.498 e. The molecule has 4 aromatic rings. The van der Waals surface area contributed by atoms with Crippen molar-refractivity contribution in [2.24, 2.45) is 5.10 Å². The zero-order valence-electron chi connectivity index (χ0n) is 19.0. The highest BCUT2D eigenvalue weighted by molar-refractivity contribution is 7.18. The number of nitrogens with zero attached hydrogens (tertiary/aromatic N) is 4. The zero-order chi connectivity index (χ0) is 25.8. The van der Waals surface area contributed by atoms with E-state index in [1.807, 2.05) is 6.92 Å². The summed E-state index contributed by atoms with van der Waals surface area (Å²) in [5.41, 5.74) is 2.35. The van der Waals surface area contributed by atoms with Gasteiger partial charge in [0, 0.05) is 17.3 Å². The van der Waals surface area contributed by atoms with Crippen molar-refractivity contribution < 1.29 is 14.7 Å². The van der Waals surface area contributed by atoms with E-state index in [1.165, 1.54) is 6.21 Å². The summed E-state index contributed by atoms with van der Waals surface area (Å²) >= 11 is 14.2. The number of carbonyl (C=O) groups excluding carboxylic acids is 2. The number of hydrogen-bond acceptors (Lipinski definition) is 8. The number of carbonyl (C=O) groups is 2. The molecule has 0 spiro atoms. The van der Waals surface area contributed by atoms with Crippen LogP contribution in [-0.4, -0.2) is 33.1 Å².